The molecule has 0 atom stereocenters. The maximum atomic E-state index is 13.1. The summed E-state index contributed by atoms with van der Waals surface area (Å²) >= 11 is 0. The molecule has 0 aliphatic rings. The van der Waals surface area contributed by atoms with Gasteiger partial charge in [-0.25, -0.2) is 4.39 Å². The molecular formula is C12H14FN5O2. The first-order valence-corrected chi connectivity index (χ1v) is 5.87. The Balaban J connectivity index is 2.29. The van der Waals surface area contributed by atoms with E-state index in [0.717, 1.165) is 0 Å². The first-order chi connectivity index (χ1) is 9.62. The summed E-state index contributed by atoms with van der Waals surface area (Å²) in [6, 6.07) is 4.16. The summed E-state index contributed by atoms with van der Waals surface area (Å²) in [5, 5.41) is 2.88. The first-order valence-electron chi connectivity index (χ1n) is 5.87. The quantitative estimate of drug-likeness (QED) is 0.860. The fourth-order valence-corrected chi connectivity index (χ4v) is 1.51. The number of aromatic nitrogens is 3. The minimum Gasteiger partial charge on any atom is -0.494 e. The fraction of sp³-hybridized carbons (Fsp3) is 0.250. The van der Waals surface area contributed by atoms with E-state index in [1.165, 1.54) is 25.3 Å². The lowest BCUT2D eigenvalue weighted by molar-refractivity contribution is 0.312. The topological polar surface area (TPSA) is 95.2 Å². The van der Waals surface area contributed by atoms with E-state index in [2.05, 4.69) is 20.3 Å². The van der Waals surface area contributed by atoms with Gasteiger partial charge < -0.3 is 20.5 Å². The highest BCUT2D eigenvalue weighted by Crippen LogP contribution is 2.27. The molecule has 0 bridgehead atoms. The molecule has 8 heteroatoms. The van der Waals surface area contributed by atoms with Gasteiger partial charge in [-0.05, 0) is 19.1 Å². The van der Waals surface area contributed by atoms with Crippen LogP contribution in [-0.2, 0) is 0 Å². The number of hydrogen-bond donors (Lipinski definition) is 2. The SMILES string of the molecule is CCOc1nc(N)nc(Nc2ccc(F)cc2OC)n1. The van der Waals surface area contributed by atoms with E-state index in [1.807, 2.05) is 0 Å². The summed E-state index contributed by atoms with van der Waals surface area (Å²) in [6.45, 7) is 2.21. The molecule has 0 fully saturated rings. The number of hydrogen-bond acceptors (Lipinski definition) is 7. The molecule has 0 unspecified atom stereocenters. The Bertz CT molecular complexity index is 608. The van der Waals surface area contributed by atoms with Gasteiger partial charge in [-0.3, -0.25) is 0 Å². The van der Waals surface area contributed by atoms with Gasteiger partial charge in [0.25, 0.3) is 0 Å². The van der Waals surface area contributed by atoms with Crippen molar-refractivity contribution in [1.82, 2.24) is 15.0 Å². The molecule has 2 aromatic rings. The molecule has 20 heavy (non-hydrogen) atoms. The highest BCUT2D eigenvalue weighted by Gasteiger charge is 2.09. The van der Waals surface area contributed by atoms with Crippen LogP contribution >= 0.6 is 0 Å². The summed E-state index contributed by atoms with van der Waals surface area (Å²) in [5.74, 6) is 0.123. The summed E-state index contributed by atoms with van der Waals surface area (Å²) in [4.78, 5) is 11.8. The predicted octanol–water partition coefficient (Wildman–Crippen LogP) is 1.74. The number of rotatable bonds is 5. The number of nitrogen functional groups attached to an aromatic ring is 1. The fourth-order valence-electron chi connectivity index (χ4n) is 1.51. The Labute approximate surface area is 115 Å². The lowest BCUT2D eigenvalue weighted by Crippen LogP contribution is -2.07. The number of nitrogens with zero attached hydrogens (tertiary/aromatic N) is 3. The zero-order valence-corrected chi connectivity index (χ0v) is 11.1. The van der Waals surface area contributed by atoms with Gasteiger partial charge in [0.05, 0.1) is 19.4 Å². The minimum atomic E-state index is -0.405. The molecule has 1 heterocycles. The van der Waals surface area contributed by atoms with E-state index in [0.29, 0.717) is 18.0 Å². The zero-order chi connectivity index (χ0) is 14.5. The second kappa shape index (κ2) is 6.00. The van der Waals surface area contributed by atoms with Crippen molar-refractivity contribution in [3.63, 3.8) is 0 Å². The molecule has 0 saturated carbocycles. The third-order valence-electron chi connectivity index (χ3n) is 2.32. The summed E-state index contributed by atoms with van der Waals surface area (Å²) in [5.41, 5.74) is 6.07. The van der Waals surface area contributed by atoms with Crippen molar-refractivity contribution in [3.8, 4) is 11.8 Å². The molecule has 0 aliphatic heterocycles. The third-order valence-corrected chi connectivity index (χ3v) is 2.32. The van der Waals surface area contributed by atoms with Gasteiger partial charge >= 0.3 is 6.01 Å². The Kier molecular flexibility index (Phi) is 4.14. The maximum absolute atomic E-state index is 13.1. The molecule has 7 nitrogen and oxygen atoms in total. The van der Waals surface area contributed by atoms with Crippen molar-refractivity contribution >= 4 is 17.6 Å². The van der Waals surface area contributed by atoms with Crippen molar-refractivity contribution in [2.24, 2.45) is 0 Å². The lowest BCUT2D eigenvalue weighted by Gasteiger charge is -2.10. The van der Waals surface area contributed by atoms with Crippen molar-refractivity contribution < 1.29 is 13.9 Å². The number of methoxy groups -OCH3 is 1. The molecule has 3 N–H and O–H groups in total. The van der Waals surface area contributed by atoms with Crippen LogP contribution in [0.4, 0.5) is 22.0 Å². The molecule has 0 amide bonds. The molecule has 1 aromatic heterocycles. The van der Waals surface area contributed by atoms with Crippen LogP contribution in [0, 0.1) is 5.82 Å². The monoisotopic (exact) mass is 279 g/mol. The highest BCUT2D eigenvalue weighted by atomic mass is 19.1. The van der Waals surface area contributed by atoms with Crippen LogP contribution < -0.4 is 20.5 Å². The van der Waals surface area contributed by atoms with Crippen LogP contribution in [0.5, 0.6) is 11.8 Å². The number of nitrogens with two attached hydrogens (primary N) is 1. The van der Waals surface area contributed by atoms with E-state index in [-0.39, 0.29) is 17.9 Å². The van der Waals surface area contributed by atoms with Gasteiger partial charge in [0, 0.05) is 6.07 Å². The molecular weight excluding hydrogens is 265 g/mol. The van der Waals surface area contributed by atoms with Gasteiger partial charge in [-0.15, -0.1) is 0 Å². The standard InChI is InChI=1S/C12H14FN5O2/c1-3-20-12-17-10(14)16-11(18-12)15-8-5-4-7(13)6-9(8)19-2/h4-6H,3H2,1-2H3,(H3,14,15,16,17,18). The number of benzene rings is 1. The van der Waals surface area contributed by atoms with Crippen molar-refractivity contribution in [2.45, 2.75) is 6.92 Å². The number of ether oxygens (including phenoxy) is 2. The van der Waals surface area contributed by atoms with Gasteiger partial charge in [0.15, 0.2) is 0 Å². The second-order valence-corrected chi connectivity index (χ2v) is 3.70. The highest BCUT2D eigenvalue weighted by molar-refractivity contribution is 5.62. The minimum absolute atomic E-state index is 0.0204. The molecule has 0 radical (unpaired) electrons. The van der Waals surface area contributed by atoms with Crippen LogP contribution in [0.3, 0.4) is 0 Å². The predicted molar refractivity (Wildman–Crippen MR) is 71.6 cm³/mol. The number of halogens is 1. The molecule has 1 aromatic carbocycles. The zero-order valence-electron chi connectivity index (χ0n) is 11.1. The molecule has 0 spiro atoms. The Morgan fingerprint density at radius 3 is 2.80 bits per heavy atom. The average Bonchev–Trinajstić information content (AvgIpc) is 2.40. The van der Waals surface area contributed by atoms with Gasteiger partial charge in [-0.2, -0.15) is 15.0 Å². The second-order valence-electron chi connectivity index (χ2n) is 3.70. The molecule has 2 rings (SSSR count). The van der Waals surface area contributed by atoms with E-state index in [9.17, 15) is 4.39 Å². The van der Waals surface area contributed by atoms with Crippen LogP contribution in [-0.4, -0.2) is 28.7 Å². The van der Waals surface area contributed by atoms with Gasteiger partial charge in [0.2, 0.25) is 11.9 Å². The van der Waals surface area contributed by atoms with E-state index >= 15 is 0 Å². The van der Waals surface area contributed by atoms with E-state index in [1.54, 1.807) is 6.92 Å². The van der Waals surface area contributed by atoms with Crippen LogP contribution in [0.2, 0.25) is 0 Å². The number of nitrogens with one attached hydrogen (secondary N) is 1. The van der Waals surface area contributed by atoms with E-state index in [4.69, 9.17) is 15.2 Å². The van der Waals surface area contributed by atoms with Crippen molar-refractivity contribution in [1.29, 1.82) is 0 Å². The van der Waals surface area contributed by atoms with Crippen molar-refractivity contribution in [2.75, 3.05) is 24.8 Å². The normalized spacial score (nSPS) is 10.2. The Hall–Kier alpha value is -2.64. The lowest BCUT2D eigenvalue weighted by atomic mass is 10.3. The summed E-state index contributed by atoms with van der Waals surface area (Å²) < 4.78 is 23.3. The van der Waals surface area contributed by atoms with Gasteiger partial charge in [-0.1, -0.05) is 0 Å². The summed E-state index contributed by atoms with van der Waals surface area (Å²) in [6.07, 6.45) is 0. The largest absolute Gasteiger partial charge is 0.494 e. The van der Waals surface area contributed by atoms with Crippen LogP contribution in [0.1, 0.15) is 6.92 Å². The third kappa shape index (κ3) is 3.22. The molecule has 106 valence electrons. The van der Waals surface area contributed by atoms with Crippen LogP contribution in [0.15, 0.2) is 18.2 Å². The molecule has 0 saturated heterocycles. The van der Waals surface area contributed by atoms with Crippen molar-refractivity contribution in [3.05, 3.63) is 24.0 Å². The average molecular weight is 279 g/mol. The first kappa shape index (κ1) is 13.8. The smallest absolute Gasteiger partial charge is 0.323 e. The Morgan fingerprint density at radius 2 is 2.10 bits per heavy atom. The van der Waals surface area contributed by atoms with Gasteiger partial charge in [0.1, 0.15) is 11.6 Å². The van der Waals surface area contributed by atoms with E-state index < -0.39 is 5.82 Å². The summed E-state index contributed by atoms with van der Waals surface area (Å²) in [7, 11) is 1.44. The maximum Gasteiger partial charge on any atom is 0.323 e. The van der Waals surface area contributed by atoms with Crippen LogP contribution in [0.25, 0.3) is 0 Å². The Morgan fingerprint density at radius 1 is 1.30 bits per heavy atom. The number of anilines is 3. The molecule has 0 aliphatic carbocycles.